The van der Waals surface area contributed by atoms with Gasteiger partial charge in [0.2, 0.25) is 0 Å². The summed E-state index contributed by atoms with van der Waals surface area (Å²) in [6.07, 6.45) is 3.59. The van der Waals surface area contributed by atoms with Crippen molar-refractivity contribution in [3.8, 4) is 0 Å². The maximum absolute atomic E-state index is 13.8. The summed E-state index contributed by atoms with van der Waals surface area (Å²) in [7, 11) is 0. The van der Waals surface area contributed by atoms with Crippen LogP contribution in [0.25, 0.3) is 0 Å². The molecule has 0 saturated heterocycles. The summed E-state index contributed by atoms with van der Waals surface area (Å²) in [6.45, 7) is 2.28. The van der Waals surface area contributed by atoms with E-state index in [9.17, 15) is 4.39 Å². The second-order valence-electron chi connectivity index (χ2n) is 3.71. The van der Waals surface area contributed by atoms with Crippen molar-refractivity contribution >= 4 is 17.4 Å². The van der Waals surface area contributed by atoms with Gasteiger partial charge in [-0.25, -0.2) is 14.4 Å². The number of aromatic nitrogens is 2. The van der Waals surface area contributed by atoms with Gasteiger partial charge in [0.15, 0.2) is 11.6 Å². The smallest absolute Gasteiger partial charge is 0.186 e. The number of halogens is 2. The zero-order chi connectivity index (χ0) is 10.8. The molecule has 0 radical (unpaired) electrons. The topological polar surface area (TPSA) is 29.0 Å². The van der Waals surface area contributed by atoms with E-state index in [1.165, 1.54) is 6.33 Å². The van der Waals surface area contributed by atoms with Crippen LogP contribution in [0.2, 0.25) is 0 Å². The van der Waals surface area contributed by atoms with Gasteiger partial charge in [-0.3, -0.25) is 0 Å². The molecular weight excluding hydrogens is 217 g/mol. The van der Waals surface area contributed by atoms with Crippen LogP contribution in [0.3, 0.4) is 0 Å². The van der Waals surface area contributed by atoms with E-state index in [0.717, 1.165) is 12.8 Å². The molecule has 1 aromatic rings. The molecule has 0 N–H and O–H groups in total. The lowest BCUT2D eigenvalue weighted by atomic mass is 10.3. The van der Waals surface area contributed by atoms with Crippen LogP contribution >= 0.6 is 11.6 Å². The van der Waals surface area contributed by atoms with Crippen LogP contribution in [0, 0.1) is 12.7 Å². The van der Waals surface area contributed by atoms with Crippen molar-refractivity contribution in [3.63, 3.8) is 0 Å². The van der Waals surface area contributed by atoms with Crippen LogP contribution in [0.5, 0.6) is 0 Å². The SMILES string of the molecule is Cc1ncnc(N(CCCl)C2CC2)c1F. The van der Waals surface area contributed by atoms with Crippen molar-refractivity contribution in [1.82, 2.24) is 9.97 Å². The molecule has 0 atom stereocenters. The Bertz CT molecular complexity index is 355. The fourth-order valence-corrected chi connectivity index (χ4v) is 1.77. The molecule has 1 fully saturated rings. The van der Waals surface area contributed by atoms with Crippen molar-refractivity contribution in [1.29, 1.82) is 0 Å². The predicted molar refractivity (Wildman–Crippen MR) is 57.8 cm³/mol. The number of hydrogen-bond acceptors (Lipinski definition) is 3. The monoisotopic (exact) mass is 229 g/mol. The van der Waals surface area contributed by atoms with Gasteiger partial charge in [0.1, 0.15) is 6.33 Å². The Morgan fingerprint density at radius 2 is 2.27 bits per heavy atom. The highest BCUT2D eigenvalue weighted by Crippen LogP contribution is 2.31. The number of rotatable bonds is 4. The highest BCUT2D eigenvalue weighted by molar-refractivity contribution is 6.18. The van der Waals surface area contributed by atoms with Gasteiger partial charge < -0.3 is 4.90 Å². The Labute approximate surface area is 93.3 Å². The summed E-state index contributed by atoms with van der Waals surface area (Å²) >= 11 is 5.70. The van der Waals surface area contributed by atoms with Gasteiger partial charge in [-0.15, -0.1) is 11.6 Å². The Kier molecular flexibility index (Phi) is 3.05. The van der Waals surface area contributed by atoms with E-state index in [0.29, 0.717) is 30.0 Å². The molecule has 5 heteroatoms. The van der Waals surface area contributed by atoms with Crippen LogP contribution in [0.4, 0.5) is 10.2 Å². The highest BCUT2D eigenvalue weighted by Gasteiger charge is 2.31. The summed E-state index contributed by atoms with van der Waals surface area (Å²) in [5.74, 6) is 0.555. The molecule has 1 aliphatic carbocycles. The second kappa shape index (κ2) is 4.31. The maximum atomic E-state index is 13.8. The van der Waals surface area contributed by atoms with Crippen LogP contribution in [0.15, 0.2) is 6.33 Å². The quantitative estimate of drug-likeness (QED) is 0.741. The molecule has 15 heavy (non-hydrogen) atoms. The molecule has 3 nitrogen and oxygen atoms in total. The fourth-order valence-electron chi connectivity index (χ4n) is 1.58. The van der Waals surface area contributed by atoms with Crippen LogP contribution in [-0.2, 0) is 0 Å². The van der Waals surface area contributed by atoms with Gasteiger partial charge in [-0.1, -0.05) is 0 Å². The average Bonchev–Trinajstić information content (AvgIpc) is 3.03. The second-order valence-corrected chi connectivity index (χ2v) is 4.09. The van der Waals surface area contributed by atoms with Crippen molar-refractivity contribution in [2.45, 2.75) is 25.8 Å². The largest absolute Gasteiger partial charge is 0.350 e. The third-order valence-corrected chi connectivity index (χ3v) is 2.70. The lowest BCUT2D eigenvalue weighted by Gasteiger charge is -2.22. The van der Waals surface area contributed by atoms with Crippen molar-refractivity contribution in [3.05, 3.63) is 17.8 Å². The zero-order valence-electron chi connectivity index (χ0n) is 8.58. The minimum absolute atomic E-state index is 0.325. The first-order chi connectivity index (χ1) is 7.24. The molecule has 0 amide bonds. The number of hydrogen-bond donors (Lipinski definition) is 0. The lowest BCUT2D eigenvalue weighted by molar-refractivity contribution is 0.590. The van der Waals surface area contributed by atoms with E-state index < -0.39 is 0 Å². The van der Waals surface area contributed by atoms with E-state index in [-0.39, 0.29) is 5.82 Å². The van der Waals surface area contributed by atoms with Gasteiger partial charge >= 0.3 is 0 Å². The summed E-state index contributed by atoms with van der Waals surface area (Å²) in [4.78, 5) is 9.76. The Hall–Kier alpha value is -0.900. The fraction of sp³-hybridized carbons (Fsp3) is 0.600. The normalized spacial score (nSPS) is 15.4. The van der Waals surface area contributed by atoms with E-state index >= 15 is 0 Å². The van der Waals surface area contributed by atoms with E-state index in [2.05, 4.69) is 9.97 Å². The first-order valence-corrected chi connectivity index (χ1v) is 5.57. The summed E-state index contributed by atoms with van der Waals surface area (Å²) in [5.41, 5.74) is 0.389. The van der Waals surface area contributed by atoms with Gasteiger partial charge in [0.05, 0.1) is 5.69 Å². The number of aryl methyl sites for hydroxylation is 1. The average molecular weight is 230 g/mol. The molecular formula is C10H13ClFN3. The summed E-state index contributed by atoms with van der Waals surface area (Å²) in [5, 5.41) is 0. The van der Waals surface area contributed by atoms with E-state index in [4.69, 9.17) is 11.6 Å². The molecule has 2 rings (SSSR count). The minimum atomic E-state index is -0.325. The molecule has 0 bridgehead atoms. The zero-order valence-corrected chi connectivity index (χ0v) is 9.34. The molecule has 1 aromatic heterocycles. The third-order valence-electron chi connectivity index (χ3n) is 2.53. The molecule has 1 aliphatic rings. The molecule has 82 valence electrons. The Balaban J connectivity index is 2.28. The van der Waals surface area contributed by atoms with Crippen LogP contribution in [0.1, 0.15) is 18.5 Å². The third kappa shape index (κ3) is 2.20. The number of anilines is 1. The predicted octanol–water partition coefficient (Wildman–Crippen LogP) is 2.13. The summed E-state index contributed by atoms with van der Waals surface area (Å²) < 4.78 is 13.8. The number of alkyl halides is 1. The molecule has 0 aromatic carbocycles. The first-order valence-electron chi connectivity index (χ1n) is 5.03. The molecule has 0 unspecified atom stereocenters. The van der Waals surface area contributed by atoms with E-state index in [1.54, 1.807) is 6.92 Å². The standard InChI is InChI=1S/C10H13ClFN3/c1-7-9(12)10(14-6-13-7)15(5-4-11)8-2-3-8/h6,8H,2-5H2,1H3. The maximum Gasteiger partial charge on any atom is 0.186 e. The van der Waals surface area contributed by atoms with Crippen LogP contribution in [-0.4, -0.2) is 28.4 Å². The molecule has 0 aliphatic heterocycles. The minimum Gasteiger partial charge on any atom is -0.350 e. The molecule has 1 heterocycles. The lowest BCUT2D eigenvalue weighted by Crippen LogP contribution is -2.30. The van der Waals surface area contributed by atoms with Crippen molar-refractivity contribution in [2.24, 2.45) is 0 Å². The van der Waals surface area contributed by atoms with Gasteiger partial charge in [-0.2, -0.15) is 0 Å². The number of nitrogens with zero attached hydrogens (tertiary/aromatic N) is 3. The molecule has 1 saturated carbocycles. The Morgan fingerprint density at radius 3 is 2.87 bits per heavy atom. The highest BCUT2D eigenvalue weighted by atomic mass is 35.5. The van der Waals surface area contributed by atoms with Crippen molar-refractivity contribution < 1.29 is 4.39 Å². The first kappa shape index (κ1) is 10.6. The Morgan fingerprint density at radius 1 is 1.53 bits per heavy atom. The summed E-state index contributed by atoms with van der Waals surface area (Å²) in [6, 6.07) is 0.410. The van der Waals surface area contributed by atoms with E-state index in [1.807, 2.05) is 4.90 Å². The molecule has 0 spiro atoms. The van der Waals surface area contributed by atoms with Crippen molar-refractivity contribution in [2.75, 3.05) is 17.3 Å². The van der Waals surface area contributed by atoms with Crippen LogP contribution < -0.4 is 4.90 Å². The van der Waals surface area contributed by atoms with Gasteiger partial charge in [-0.05, 0) is 19.8 Å². The van der Waals surface area contributed by atoms with Gasteiger partial charge in [0.25, 0.3) is 0 Å². The van der Waals surface area contributed by atoms with Gasteiger partial charge in [0, 0.05) is 18.5 Å².